The molecule has 0 aliphatic carbocycles. The minimum Gasteiger partial charge on any atom is -0.507 e. The Morgan fingerprint density at radius 3 is 2.72 bits per heavy atom. The van der Waals surface area contributed by atoms with Crippen LogP contribution in [0.1, 0.15) is 22.4 Å². The number of nitrogens with zero attached hydrogens (tertiary/aromatic N) is 3. The molecule has 25 heavy (non-hydrogen) atoms. The number of halogens is 1. The van der Waals surface area contributed by atoms with E-state index in [0.29, 0.717) is 5.56 Å². The molecule has 4 nitrogen and oxygen atoms in total. The van der Waals surface area contributed by atoms with E-state index in [4.69, 9.17) is 4.99 Å². The van der Waals surface area contributed by atoms with Gasteiger partial charge in [-0.15, -0.1) is 11.3 Å². The largest absolute Gasteiger partial charge is 0.507 e. The molecule has 0 bridgehead atoms. The second-order valence-corrected chi connectivity index (χ2v) is 7.57. The quantitative estimate of drug-likeness (QED) is 0.597. The number of benzene rings is 2. The molecule has 2 aromatic carbocycles. The van der Waals surface area contributed by atoms with Crippen molar-refractivity contribution < 1.29 is 5.11 Å². The molecule has 0 unspecified atom stereocenters. The number of hydrogen-bond acceptors (Lipinski definition) is 4. The van der Waals surface area contributed by atoms with Gasteiger partial charge in [0, 0.05) is 15.4 Å². The van der Waals surface area contributed by atoms with Crippen molar-refractivity contribution >= 4 is 39.2 Å². The van der Waals surface area contributed by atoms with E-state index in [1.807, 2.05) is 25.3 Å². The first-order valence-electron chi connectivity index (χ1n) is 7.76. The predicted molar refractivity (Wildman–Crippen MR) is 107 cm³/mol. The van der Waals surface area contributed by atoms with Gasteiger partial charge >= 0.3 is 0 Å². The van der Waals surface area contributed by atoms with Crippen LogP contribution in [-0.4, -0.2) is 16.0 Å². The average molecular weight is 416 g/mol. The van der Waals surface area contributed by atoms with E-state index in [1.165, 1.54) is 16.9 Å². The van der Waals surface area contributed by atoms with Crippen molar-refractivity contribution in [3.8, 4) is 5.75 Å². The summed E-state index contributed by atoms with van der Waals surface area (Å²) in [6, 6.07) is 11.5. The molecule has 0 spiro atoms. The van der Waals surface area contributed by atoms with Crippen LogP contribution in [0.2, 0.25) is 0 Å². The van der Waals surface area contributed by atoms with Gasteiger partial charge in [0.15, 0.2) is 0 Å². The smallest absolute Gasteiger partial charge is 0.211 e. The number of thiazole rings is 1. The van der Waals surface area contributed by atoms with E-state index in [9.17, 15) is 5.11 Å². The van der Waals surface area contributed by atoms with E-state index in [2.05, 4.69) is 46.2 Å². The number of phenols is 1. The molecule has 0 aliphatic rings. The fourth-order valence-corrected chi connectivity index (χ4v) is 3.49. The molecule has 0 saturated heterocycles. The number of hydrogen-bond donors (Lipinski definition) is 1. The van der Waals surface area contributed by atoms with Gasteiger partial charge in [-0.1, -0.05) is 28.1 Å². The Morgan fingerprint density at radius 2 is 1.92 bits per heavy atom. The standard InChI is InChI=1S/C19H18BrN3OS/c1-12-4-5-13(2)17(8-12)22-19-23(14(3)11-25-19)21-10-15-9-16(20)6-7-18(15)24/h4-11,24H,1-3H3. The maximum Gasteiger partial charge on any atom is 0.211 e. The van der Waals surface area contributed by atoms with Crippen LogP contribution in [0.15, 0.2) is 56.3 Å². The van der Waals surface area contributed by atoms with Crippen molar-refractivity contribution in [1.29, 1.82) is 0 Å². The minimum atomic E-state index is 0.188. The number of phenolic OH excluding ortho intramolecular Hbond substituents is 1. The molecule has 0 atom stereocenters. The van der Waals surface area contributed by atoms with Crippen LogP contribution in [0.5, 0.6) is 5.75 Å². The lowest BCUT2D eigenvalue weighted by molar-refractivity contribution is 0.474. The molecule has 1 aromatic heterocycles. The number of aryl methyl sites for hydroxylation is 3. The lowest BCUT2D eigenvalue weighted by Gasteiger charge is -2.03. The van der Waals surface area contributed by atoms with E-state index in [1.54, 1.807) is 23.0 Å². The first-order chi connectivity index (χ1) is 11.9. The van der Waals surface area contributed by atoms with Gasteiger partial charge in [-0.2, -0.15) is 5.10 Å². The summed E-state index contributed by atoms with van der Waals surface area (Å²) < 4.78 is 2.67. The Bertz CT molecular complexity index is 1020. The van der Waals surface area contributed by atoms with E-state index >= 15 is 0 Å². The normalized spacial score (nSPS) is 12.2. The lowest BCUT2D eigenvalue weighted by atomic mass is 10.1. The summed E-state index contributed by atoms with van der Waals surface area (Å²) in [5.74, 6) is 0.188. The molecule has 128 valence electrons. The van der Waals surface area contributed by atoms with Gasteiger partial charge < -0.3 is 5.11 Å². The first-order valence-corrected chi connectivity index (χ1v) is 9.43. The number of rotatable bonds is 3. The van der Waals surface area contributed by atoms with Crippen molar-refractivity contribution in [3.05, 3.63) is 73.4 Å². The molecule has 6 heteroatoms. The third kappa shape index (κ3) is 4.08. The van der Waals surface area contributed by atoms with Gasteiger partial charge in [-0.05, 0) is 56.2 Å². The zero-order valence-corrected chi connectivity index (χ0v) is 16.6. The van der Waals surface area contributed by atoms with Crippen molar-refractivity contribution in [2.75, 3.05) is 0 Å². The highest BCUT2D eigenvalue weighted by molar-refractivity contribution is 9.10. The molecular formula is C19H18BrN3OS. The van der Waals surface area contributed by atoms with Crippen molar-refractivity contribution in [2.24, 2.45) is 10.1 Å². The molecule has 1 heterocycles. The van der Waals surface area contributed by atoms with Crippen LogP contribution in [0, 0.1) is 20.8 Å². The maximum atomic E-state index is 9.96. The number of aromatic hydroxyl groups is 1. The molecule has 3 rings (SSSR count). The second kappa shape index (κ2) is 7.37. The summed E-state index contributed by atoms with van der Waals surface area (Å²) in [7, 11) is 0. The van der Waals surface area contributed by atoms with Crippen molar-refractivity contribution in [2.45, 2.75) is 20.8 Å². The second-order valence-electron chi connectivity index (χ2n) is 5.82. The van der Waals surface area contributed by atoms with Gasteiger partial charge in [-0.25, -0.2) is 9.67 Å². The molecule has 0 aliphatic heterocycles. The molecule has 0 fully saturated rings. The summed E-state index contributed by atoms with van der Waals surface area (Å²) in [6.45, 7) is 6.09. The topological polar surface area (TPSA) is 49.9 Å². The van der Waals surface area contributed by atoms with Gasteiger partial charge in [0.05, 0.1) is 17.6 Å². The Morgan fingerprint density at radius 1 is 1.12 bits per heavy atom. The molecule has 1 N–H and O–H groups in total. The van der Waals surface area contributed by atoms with Gasteiger partial charge in [0.1, 0.15) is 5.75 Å². The Balaban J connectivity index is 2.05. The highest BCUT2D eigenvalue weighted by Crippen LogP contribution is 2.21. The molecule has 0 radical (unpaired) electrons. The highest BCUT2D eigenvalue weighted by Gasteiger charge is 2.03. The Kier molecular flexibility index (Phi) is 5.20. The minimum absolute atomic E-state index is 0.188. The van der Waals surface area contributed by atoms with Crippen molar-refractivity contribution in [1.82, 2.24) is 4.68 Å². The van der Waals surface area contributed by atoms with Crippen molar-refractivity contribution in [3.63, 3.8) is 0 Å². The first kappa shape index (κ1) is 17.6. The number of aromatic nitrogens is 1. The van der Waals surface area contributed by atoms with Crippen LogP contribution >= 0.6 is 27.3 Å². The summed E-state index contributed by atoms with van der Waals surface area (Å²) in [6.07, 6.45) is 1.64. The third-order valence-electron chi connectivity index (χ3n) is 3.73. The Hall–Kier alpha value is -2.18. The maximum absolute atomic E-state index is 9.96. The fourth-order valence-electron chi connectivity index (χ4n) is 2.29. The molecule has 0 saturated carbocycles. The fraction of sp³-hybridized carbons (Fsp3) is 0.158. The zero-order chi connectivity index (χ0) is 18.0. The van der Waals surface area contributed by atoms with Crippen LogP contribution in [0.4, 0.5) is 5.69 Å². The van der Waals surface area contributed by atoms with Crippen LogP contribution < -0.4 is 4.80 Å². The van der Waals surface area contributed by atoms with Gasteiger partial charge in [0.25, 0.3) is 0 Å². The summed E-state index contributed by atoms with van der Waals surface area (Å²) in [5.41, 5.74) is 4.87. The highest BCUT2D eigenvalue weighted by atomic mass is 79.9. The SMILES string of the molecule is Cc1ccc(C)c(N=c2scc(C)n2N=Cc2cc(Br)ccc2O)c1. The van der Waals surface area contributed by atoms with Gasteiger partial charge in [-0.3, -0.25) is 0 Å². The van der Waals surface area contributed by atoms with Crippen LogP contribution in [0.25, 0.3) is 0 Å². The average Bonchev–Trinajstić information content (AvgIpc) is 2.92. The van der Waals surface area contributed by atoms with Crippen LogP contribution in [-0.2, 0) is 0 Å². The zero-order valence-electron chi connectivity index (χ0n) is 14.2. The predicted octanol–water partition coefficient (Wildman–Crippen LogP) is 5.06. The van der Waals surface area contributed by atoms with Crippen LogP contribution in [0.3, 0.4) is 0 Å². The summed E-state index contributed by atoms with van der Waals surface area (Å²) in [4.78, 5) is 5.56. The third-order valence-corrected chi connectivity index (χ3v) is 5.16. The van der Waals surface area contributed by atoms with E-state index < -0.39 is 0 Å². The summed E-state index contributed by atoms with van der Waals surface area (Å²) in [5, 5.41) is 16.5. The molecular weight excluding hydrogens is 398 g/mol. The monoisotopic (exact) mass is 415 g/mol. The van der Waals surface area contributed by atoms with Gasteiger partial charge in [0.2, 0.25) is 4.80 Å². The molecule has 0 amide bonds. The Labute approximate surface area is 158 Å². The van der Waals surface area contributed by atoms with E-state index in [-0.39, 0.29) is 5.75 Å². The summed E-state index contributed by atoms with van der Waals surface area (Å²) >= 11 is 4.95. The van der Waals surface area contributed by atoms with E-state index in [0.717, 1.165) is 26.2 Å². The lowest BCUT2D eigenvalue weighted by Crippen LogP contribution is -2.11. The molecule has 3 aromatic rings.